The van der Waals surface area contributed by atoms with Gasteiger partial charge in [0.25, 0.3) is 5.17 Å². The van der Waals surface area contributed by atoms with Gasteiger partial charge in [-0.2, -0.15) is 0 Å². The van der Waals surface area contributed by atoms with Crippen molar-refractivity contribution in [2.24, 2.45) is 46.3 Å². The molecule has 4 aliphatic carbocycles. The van der Waals surface area contributed by atoms with Crippen LogP contribution >= 0.6 is 12.2 Å². The molecule has 10 atom stereocenters. The van der Waals surface area contributed by atoms with Crippen LogP contribution in [0.25, 0.3) is 0 Å². The average Bonchev–Trinajstić information content (AvgIpc) is 3.28. The number of esters is 1. The van der Waals surface area contributed by atoms with Gasteiger partial charge in [-0.05, 0) is 98.1 Å². The van der Waals surface area contributed by atoms with Crippen molar-refractivity contribution in [3.8, 4) is 0 Å². The van der Waals surface area contributed by atoms with Gasteiger partial charge in [-0.15, -0.1) is 0 Å². The number of hydrogen-bond donors (Lipinski definition) is 1. The van der Waals surface area contributed by atoms with Gasteiger partial charge in [-0.25, -0.2) is 0 Å². The van der Waals surface area contributed by atoms with E-state index < -0.39 is 0 Å². The Morgan fingerprint density at radius 1 is 1.11 bits per heavy atom. The standard InChI is InChI=1S/C30H49NO3S/c1-18(2)8-7-9-19(3)23-10-11-24-22-16-26-30(34-27(35)31-26)17-21(33-20(4)32)12-15-29(30,6)25(22)13-14-28(23,24)5/h18-19,21-26H,7-17H2,1-6H3,(H,31,35)/t19-,21?,22+,23-,24+,25+,26-,28-,29-,30-/m1/s1. The van der Waals surface area contributed by atoms with Crippen molar-refractivity contribution in [3.63, 3.8) is 0 Å². The van der Waals surface area contributed by atoms with Crippen LogP contribution in [0.1, 0.15) is 112 Å². The average molecular weight is 504 g/mol. The zero-order valence-corrected chi connectivity index (χ0v) is 23.8. The van der Waals surface area contributed by atoms with Crippen LogP contribution < -0.4 is 5.32 Å². The van der Waals surface area contributed by atoms with Gasteiger partial charge < -0.3 is 14.8 Å². The molecule has 4 nitrogen and oxygen atoms in total. The Balaban J connectivity index is 1.38. The van der Waals surface area contributed by atoms with Crippen molar-refractivity contribution in [2.45, 2.75) is 130 Å². The Morgan fingerprint density at radius 3 is 2.60 bits per heavy atom. The van der Waals surface area contributed by atoms with Gasteiger partial charge in [0.05, 0.1) is 6.04 Å². The first-order chi connectivity index (χ1) is 16.5. The molecular formula is C30H49NO3S. The summed E-state index contributed by atoms with van der Waals surface area (Å²) in [5.74, 6) is 4.57. The van der Waals surface area contributed by atoms with Gasteiger partial charge in [-0.3, -0.25) is 4.79 Å². The summed E-state index contributed by atoms with van der Waals surface area (Å²) in [6.45, 7) is 14.0. The van der Waals surface area contributed by atoms with Crippen LogP contribution in [0.15, 0.2) is 0 Å². The fourth-order valence-electron chi connectivity index (χ4n) is 10.4. The highest BCUT2D eigenvalue weighted by Gasteiger charge is 2.71. The summed E-state index contributed by atoms with van der Waals surface area (Å²) >= 11 is 5.62. The highest BCUT2D eigenvalue weighted by Crippen LogP contribution is 2.70. The number of fused-ring (bicyclic) bond motifs is 4. The molecule has 0 amide bonds. The Morgan fingerprint density at radius 2 is 1.89 bits per heavy atom. The molecule has 198 valence electrons. The first-order valence-electron chi connectivity index (χ1n) is 14.7. The minimum Gasteiger partial charge on any atom is -0.462 e. The molecule has 1 aliphatic heterocycles. The summed E-state index contributed by atoms with van der Waals surface area (Å²) in [6.07, 6.45) is 13.5. The molecule has 0 aromatic carbocycles. The molecule has 1 saturated heterocycles. The summed E-state index contributed by atoms with van der Waals surface area (Å²) in [5.41, 5.74) is 0.219. The molecule has 1 heterocycles. The first kappa shape index (κ1) is 25.8. The number of carbonyl (C=O) groups is 1. The normalized spacial score (nSPS) is 47.1. The van der Waals surface area contributed by atoms with Crippen molar-refractivity contribution in [2.75, 3.05) is 0 Å². The Kier molecular flexibility index (Phi) is 6.76. The van der Waals surface area contributed by atoms with Gasteiger partial charge in [0.1, 0.15) is 11.7 Å². The van der Waals surface area contributed by atoms with E-state index in [0.717, 1.165) is 55.3 Å². The third-order valence-electron chi connectivity index (χ3n) is 11.9. The van der Waals surface area contributed by atoms with Gasteiger partial charge >= 0.3 is 5.97 Å². The van der Waals surface area contributed by atoms with Gasteiger partial charge in [0.2, 0.25) is 0 Å². The van der Waals surface area contributed by atoms with Crippen molar-refractivity contribution in [1.82, 2.24) is 5.32 Å². The molecule has 0 radical (unpaired) electrons. The number of nitrogens with one attached hydrogen (secondary N) is 1. The lowest BCUT2D eigenvalue weighted by Crippen LogP contribution is -2.69. The molecule has 5 heteroatoms. The molecule has 5 rings (SSSR count). The first-order valence-corrected chi connectivity index (χ1v) is 15.1. The molecule has 1 unspecified atom stereocenters. The van der Waals surface area contributed by atoms with Crippen LogP contribution in [0.3, 0.4) is 0 Å². The summed E-state index contributed by atoms with van der Waals surface area (Å²) in [5, 5.41) is 4.18. The summed E-state index contributed by atoms with van der Waals surface area (Å²) in [7, 11) is 0. The third-order valence-corrected chi connectivity index (χ3v) is 12.1. The predicted molar refractivity (Wildman–Crippen MR) is 144 cm³/mol. The molecule has 0 bridgehead atoms. The van der Waals surface area contributed by atoms with E-state index in [-0.39, 0.29) is 29.1 Å². The molecule has 1 N–H and O–H groups in total. The summed E-state index contributed by atoms with van der Waals surface area (Å²) in [6, 6.07) is 0.240. The maximum Gasteiger partial charge on any atom is 0.302 e. The largest absolute Gasteiger partial charge is 0.462 e. The van der Waals surface area contributed by atoms with Crippen LogP contribution in [0.5, 0.6) is 0 Å². The lowest BCUT2D eigenvalue weighted by Gasteiger charge is -2.65. The van der Waals surface area contributed by atoms with E-state index in [1.54, 1.807) is 0 Å². The van der Waals surface area contributed by atoms with Gasteiger partial charge in [0, 0.05) is 18.8 Å². The quantitative estimate of drug-likeness (QED) is 0.311. The van der Waals surface area contributed by atoms with E-state index in [2.05, 4.69) is 39.9 Å². The lowest BCUT2D eigenvalue weighted by atomic mass is 9.42. The number of carbonyl (C=O) groups excluding carboxylic acids is 1. The van der Waals surface area contributed by atoms with Crippen molar-refractivity contribution >= 4 is 23.4 Å². The van der Waals surface area contributed by atoms with Crippen molar-refractivity contribution in [1.29, 1.82) is 0 Å². The zero-order valence-electron chi connectivity index (χ0n) is 23.0. The minimum atomic E-state index is -0.334. The third kappa shape index (κ3) is 4.05. The second-order valence-corrected chi connectivity index (χ2v) is 14.4. The number of rotatable bonds is 6. The molecule has 35 heavy (non-hydrogen) atoms. The Labute approximate surface area is 219 Å². The number of thiocarbonyl (C=S) groups is 1. The SMILES string of the molecule is CC(=O)OC1CC[C@]2(C)[C@H]3CC[C@]4(C)[C@@H]([C@H](C)CCCC(C)C)CC[C@H]4[C@@H]3C[C@H]3NC(=S)O[C@]32C1. The fourth-order valence-corrected chi connectivity index (χ4v) is 10.6. The van der Waals surface area contributed by atoms with E-state index in [9.17, 15) is 4.79 Å². The number of ether oxygens (including phenoxy) is 2. The molecule has 5 aliphatic rings. The van der Waals surface area contributed by atoms with E-state index in [1.807, 2.05) is 0 Å². The van der Waals surface area contributed by atoms with Crippen molar-refractivity contribution in [3.05, 3.63) is 0 Å². The van der Waals surface area contributed by atoms with Gasteiger partial charge in [-0.1, -0.05) is 53.9 Å². The predicted octanol–water partition coefficient (Wildman–Crippen LogP) is 7.05. The van der Waals surface area contributed by atoms with Crippen LogP contribution in [-0.4, -0.2) is 28.9 Å². The molecule has 4 saturated carbocycles. The fraction of sp³-hybridized carbons (Fsp3) is 0.933. The van der Waals surface area contributed by atoms with Crippen LogP contribution in [-0.2, 0) is 14.3 Å². The van der Waals surface area contributed by atoms with Crippen LogP contribution in [0, 0.1) is 46.3 Å². The minimum absolute atomic E-state index is 0.0567. The molecule has 0 aromatic rings. The topological polar surface area (TPSA) is 47.6 Å². The maximum atomic E-state index is 11.8. The van der Waals surface area contributed by atoms with E-state index >= 15 is 0 Å². The van der Waals surface area contributed by atoms with E-state index in [0.29, 0.717) is 16.5 Å². The molecular weight excluding hydrogens is 454 g/mol. The second-order valence-electron chi connectivity index (χ2n) is 14.0. The Hall–Kier alpha value is -0.840. The van der Waals surface area contributed by atoms with Gasteiger partial charge in [0.15, 0.2) is 0 Å². The number of hydrogen-bond acceptors (Lipinski definition) is 4. The summed E-state index contributed by atoms with van der Waals surface area (Å²) in [4.78, 5) is 11.8. The van der Waals surface area contributed by atoms with Crippen molar-refractivity contribution < 1.29 is 14.3 Å². The highest BCUT2D eigenvalue weighted by atomic mass is 32.1. The van der Waals surface area contributed by atoms with Crippen LogP contribution in [0.4, 0.5) is 0 Å². The second kappa shape index (κ2) is 9.17. The smallest absolute Gasteiger partial charge is 0.302 e. The molecule has 1 spiro atoms. The maximum absolute atomic E-state index is 11.8. The summed E-state index contributed by atoms with van der Waals surface area (Å²) < 4.78 is 12.4. The molecule has 0 aromatic heterocycles. The zero-order chi connectivity index (χ0) is 25.2. The Bertz CT molecular complexity index is 845. The monoisotopic (exact) mass is 503 g/mol. The van der Waals surface area contributed by atoms with Crippen LogP contribution in [0.2, 0.25) is 0 Å². The molecule has 5 fully saturated rings. The lowest BCUT2D eigenvalue weighted by molar-refractivity contribution is -0.214. The van der Waals surface area contributed by atoms with E-state index in [1.165, 1.54) is 51.9 Å². The van der Waals surface area contributed by atoms with E-state index in [4.69, 9.17) is 21.7 Å². The highest BCUT2D eigenvalue weighted by molar-refractivity contribution is 7.80.